The van der Waals surface area contributed by atoms with E-state index in [1.165, 1.54) is 0 Å². The van der Waals surface area contributed by atoms with E-state index in [1.54, 1.807) is 0 Å². The van der Waals surface area contributed by atoms with Crippen LogP contribution in [0.4, 0.5) is 4.79 Å². The number of urea groups is 1. The summed E-state index contributed by atoms with van der Waals surface area (Å²) in [7, 11) is 0.0927. The van der Waals surface area contributed by atoms with Crippen LogP contribution in [0.3, 0.4) is 0 Å². The Bertz CT molecular complexity index is 271. The van der Waals surface area contributed by atoms with Crippen molar-refractivity contribution >= 4 is 20.5 Å². The van der Waals surface area contributed by atoms with Crippen LogP contribution in [0.2, 0.25) is 0 Å². The Morgan fingerprint density at radius 1 is 1.24 bits per heavy atom. The number of amides is 2. The van der Waals surface area contributed by atoms with Gasteiger partial charge in [-0.1, -0.05) is 6.58 Å². The van der Waals surface area contributed by atoms with E-state index < -0.39 is 5.97 Å². The summed E-state index contributed by atoms with van der Waals surface area (Å²) in [5, 5.41) is 5.21. The number of hydrogen-bond donors (Lipinski definition) is 2. The van der Waals surface area contributed by atoms with E-state index >= 15 is 0 Å². The van der Waals surface area contributed by atoms with Crippen LogP contribution >= 0.6 is 8.46 Å². The lowest BCUT2D eigenvalue weighted by atomic mass is 10.4. The number of rotatable bonds is 9. The van der Waals surface area contributed by atoms with E-state index in [1.807, 2.05) is 0 Å². The molecule has 0 heterocycles. The smallest absolute Gasteiger partial charge is 0.330 e. The number of hydrogen-bond acceptors (Lipinski definition) is 4. The second-order valence-electron chi connectivity index (χ2n) is 3.11. The first-order chi connectivity index (χ1) is 8.20. The predicted octanol–water partition coefficient (Wildman–Crippen LogP) is 1.09. The van der Waals surface area contributed by atoms with Crippen molar-refractivity contribution in [3.05, 3.63) is 12.7 Å². The molecule has 2 amide bonds. The number of nitrogens with one attached hydrogen (secondary N) is 2. The highest BCUT2D eigenvalue weighted by Gasteiger charge is 1.99. The summed E-state index contributed by atoms with van der Waals surface area (Å²) in [6, 6.07) is -0.275. The van der Waals surface area contributed by atoms with E-state index in [0.717, 1.165) is 6.08 Å². The van der Waals surface area contributed by atoms with Gasteiger partial charge < -0.3 is 15.4 Å². The molecule has 7 heteroatoms. The molecule has 0 spiro atoms. The van der Waals surface area contributed by atoms with Gasteiger partial charge in [-0.15, -0.1) is 0 Å². The summed E-state index contributed by atoms with van der Waals surface area (Å²) in [6.45, 7) is 4.43. The molecule has 0 saturated carbocycles. The van der Waals surface area contributed by atoms with Gasteiger partial charge in [-0.3, -0.25) is 4.57 Å². The van der Waals surface area contributed by atoms with Crippen molar-refractivity contribution in [2.75, 3.05) is 25.9 Å². The minimum atomic E-state index is -0.466. The third-order valence-electron chi connectivity index (χ3n) is 1.73. The van der Waals surface area contributed by atoms with Gasteiger partial charge in [0.05, 0.1) is 6.61 Å². The first-order valence-electron chi connectivity index (χ1n) is 5.30. The maximum atomic E-state index is 11.1. The van der Waals surface area contributed by atoms with Crippen LogP contribution in [0.25, 0.3) is 0 Å². The third kappa shape index (κ3) is 10.9. The number of esters is 1. The zero-order chi connectivity index (χ0) is 12.9. The fraction of sp³-hybridized carbons (Fsp3) is 0.600. The Morgan fingerprint density at radius 3 is 2.47 bits per heavy atom. The topological polar surface area (TPSA) is 84.5 Å². The first-order valence-corrected chi connectivity index (χ1v) is 6.30. The molecule has 0 aromatic heterocycles. The Balaban J connectivity index is 3.30. The van der Waals surface area contributed by atoms with Crippen molar-refractivity contribution in [3.63, 3.8) is 0 Å². The van der Waals surface area contributed by atoms with Gasteiger partial charge in [0.2, 0.25) is 0 Å². The summed E-state index contributed by atoms with van der Waals surface area (Å²) in [6.07, 6.45) is 2.86. The summed E-state index contributed by atoms with van der Waals surface area (Å²) in [4.78, 5) is 21.8. The Labute approximate surface area is 102 Å². The van der Waals surface area contributed by atoms with Crippen molar-refractivity contribution < 1.29 is 18.9 Å². The zero-order valence-corrected chi connectivity index (χ0v) is 10.5. The lowest BCUT2D eigenvalue weighted by molar-refractivity contribution is -0.137. The highest BCUT2D eigenvalue weighted by atomic mass is 31.1. The van der Waals surface area contributed by atoms with Crippen LogP contribution in [-0.4, -0.2) is 37.9 Å². The van der Waals surface area contributed by atoms with Gasteiger partial charge in [-0.2, -0.15) is 0 Å². The van der Waals surface area contributed by atoms with Crippen molar-refractivity contribution in [3.8, 4) is 0 Å². The van der Waals surface area contributed by atoms with Gasteiger partial charge in [0, 0.05) is 25.3 Å². The molecule has 0 radical (unpaired) electrons. The molecule has 0 fully saturated rings. The lowest BCUT2D eigenvalue weighted by Crippen LogP contribution is -2.36. The van der Waals surface area contributed by atoms with Gasteiger partial charge in [0.25, 0.3) is 0 Å². The predicted molar refractivity (Wildman–Crippen MR) is 64.3 cm³/mol. The summed E-state index contributed by atoms with van der Waals surface area (Å²) in [5.74, 6) is -0.466. The van der Waals surface area contributed by atoms with Crippen LogP contribution in [0.15, 0.2) is 12.7 Å². The van der Waals surface area contributed by atoms with E-state index in [2.05, 4.69) is 17.2 Å². The Morgan fingerprint density at radius 2 is 1.88 bits per heavy atom. The summed E-state index contributed by atoms with van der Waals surface area (Å²) in [5.41, 5.74) is 0. The van der Waals surface area contributed by atoms with Crippen LogP contribution in [-0.2, 0) is 14.1 Å². The van der Waals surface area contributed by atoms with Gasteiger partial charge in [0.1, 0.15) is 0 Å². The van der Waals surface area contributed by atoms with E-state index in [4.69, 9.17) is 4.74 Å². The molecule has 0 aliphatic heterocycles. The first kappa shape index (κ1) is 15.6. The lowest BCUT2D eigenvalue weighted by Gasteiger charge is -2.06. The molecule has 17 heavy (non-hydrogen) atoms. The van der Waals surface area contributed by atoms with Crippen LogP contribution in [0.1, 0.15) is 12.8 Å². The molecule has 2 N–H and O–H groups in total. The van der Waals surface area contributed by atoms with E-state index in [-0.39, 0.29) is 21.1 Å². The largest absolute Gasteiger partial charge is 0.462 e. The van der Waals surface area contributed by atoms with Crippen LogP contribution in [0.5, 0.6) is 0 Å². The highest BCUT2D eigenvalue weighted by Crippen LogP contribution is 1.92. The quantitative estimate of drug-likeness (QED) is 0.281. The van der Waals surface area contributed by atoms with Crippen molar-refractivity contribution in [2.45, 2.75) is 12.8 Å². The summed E-state index contributed by atoms with van der Waals surface area (Å²) >= 11 is 0. The maximum Gasteiger partial charge on any atom is 0.330 e. The fourth-order valence-corrected chi connectivity index (χ4v) is 1.20. The van der Waals surface area contributed by atoms with Gasteiger partial charge in [-0.05, 0) is 12.8 Å². The van der Waals surface area contributed by atoms with Gasteiger partial charge in [-0.25, -0.2) is 9.59 Å². The molecule has 0 aromatic rings. The third-order valence-corrected chi connectivity index (χ3v) is 2.23. The van der Waals surface area contributed by atoms with E-state index in [9.17, 15) is 14.2 Å². The molecule has 96 valence electrons. The average Bonchev–Trinajstić information content (AvgIpc) is 2.34. The minimum Gasteiger partial charge on any atom is -0.462 e. The minimum absolute atomic E-state index is 0.0927. The van der Waals surface area contributed by atoms with Crippen molar-refractivity contribution in [2.24, 2.45) is 0 Å². The molecular weight excluding hydrogens is 243 g/mol. The fourth-order valence-electron chi connectivity index (χ4n) is 0.914. The average molecular weight is 260 g/mol. The molecule has 0 unspecified atom stereocenters. The second-order valence-corrected chi connectivity index (χ2v) is 3.82. The molecule has 0 bridgehead atoms. The Kier molecular flexibility index (Phi) is 10.2. The van der Waals surface area contributed by atoms with Gasteiger partial charge in [0.15, 0.2) is 8.46 Å². The molecule has 0 atom stereocenters. The van der Waals surface area contributed by atoms with Gasteiger partial charge >= 0.3 is 12.0 Å². The molecule has 0 aliphatic rings. The standard InChI is InChI=1S/C10H17N2O4P/c1-2-9(13)16-7-3-5-11-10(14)12-6-4-8-17-15/h2H,1,3-8H2,(H2,11,12,14). The molecule has 6 nitrogen and oxygen atoms in total. The normalized spacial score (nSPS) is 9.65. The number of carbonyl (C=O) groups excluding carboxylic acids is 2. The molecule has 0 rings (SSSR count). The monoisotopic (exact) mass is 260 g/mol. The number of carbonyl (C=O) groups is 2. The molecule has 0 saturated heterocycles. The summed E-state index contributed by atoms with van der Waals surface area (Å²) < 4.78 is 14.8. The Hall–Kier alpha value is -1.42. The highest BCUT2D eigenvalue weighted by molar-refractivity contribution is 7.23. The second kappa shape index (κ2) is 11.1. The van der Waals surface area contributed by atoms with Crippen LogP contribution < -0.4 is 10.6 Å². The molecule has 0 aromatic carbocycles. The van der Waals surface area contributed by atoms with E-state index in [0.29, 0.717) is 32.1 Å². The van der Waals surface area contributed by atoms with Crippen LogP contribution in [0, 0.1) is 0 Å². The molecule has 0 aliphatic carbocycles. The SMILES string of the molecule is C=CC(=O)OCCCNC(=O)NCCCP=O. The zero-order valence-electron chi connectivity index (χ0n) is 9.61. The number of ether oxygens (including phenoxy) is 1. The molecular formula is C10H17N2O4P. The maximum absolute atomic E-state index is 11.1. The van der Waals surface area contributed by atoms with Crippen molar-refractivity contribution in [1.29, 1.82) is 0 Å². The van der Waals surface area contributed by atoms with Crippen molar-refractivity contribution in [1.82, 2.24) is 10.6 Å².